The van der Waals surface area contributed by atoms with Gasteiger partial charge in [0.05, 0.1) is 7.11 Å². The first-order valence-electron chi connectivity index (χ1n) is 5.47. The largest absolute Gasteiger partial charge is 0.466 e. The predicted molar refractivity (Wildman–Crippen MR) is 64.3 cm³/mol. The zero-order valence-corrected chi connectivity index (χ0v) is 10.8. The monoisotopic (exact) mass is 266 g/mol. The number of carbonyl (C=O) groups excluding carboxylic acids is 3. The lowest BCUT2D eigenvalue weighted by Crippen LogP contribution is -2.19. The van der Waals surface area contributed by atoms with Gasteiger partial charge in [-0.3, -0.25) is 9.59 Å². The fraction of sp³-hybridized carbons (Fsp3) is 0.308. The molecule has 19 heavy (non-hydrogen) atoms. The molecule has 6 heteroatoms. The minimum absolute atomic E-state index is 0.336. The summed E-state index contributed by atoms with van der Waals surface area (Å²) in [6.45, 7) is 2.48. The van der Waals surface area contributed by atoms with Gasteiger partial charge < -0.3 is 14.2 Å². The van der Waals surface area contributed by atoms with Crippen LogP contribution in [0.5, 0.6) is 5.75 Å². The first-order valence-corrected chi connectivity index (χ1v) is 5.47. The van der Waals surface area contributed by atoms with Crippen LogP contribution in [-0.2, 0) is 23.9 Å². The molecule has 0 aliphatic rings. The van der Waals surface area contributed by atoms with Gasteiger partial charge in [0, 0.05) is 19.4 Å². The van der Waals surface area contributed by atoms with Crippen LogP contribution in [0.15, 0.2) is 24.3 Å². The van der Waals surface area contributed by atoms with Gasteiger partial charge in [-0.25, -0.2) is 4.79 Å². The van der Waals surface area contributed by atoms with Gasteiger partial charge in [-0.05, 0) is 12.1 Å². The predicted octanol–water partition coefficient (Wildman–Crippen LogP) is 1.39. The van der Waals surface area contributed by atoms with E-state index < -0.39 is 24.0 Å². The molecule has 102 valence electrons. The minimum atomic E-state index is -1.13. The fourth-order valence-corrected chi connectivity index (χ4v) is 1.40. The molecule has 6 nitrogen and oxygen atoms in total. The highest BCUT2D eigenvalue weighted by atomic mass is 16.6. The van der Waals surface area contributed by atoms with E-state index in [-0.39, 0.29) is 0 Å². The second kappa shape index (κ2) is 6.53. The zero-order chi connectivity index (χ0) is 14.4. The Morgan fingerprint density at radius 3 is 2.00 bits per heavy atom. The van der Waals surface area contributed by atoms with Crippen molar-refractivity contribution in [2.45, 2.75) is 20.0 Å². The molecule has 0 amide bonds. The van der Waals surface area contributed by atoms with Crippen LogP contribution in [0, 0.1) is 0 Å². The van der Waals surface area contributed by atoms with Gasteiger partial charge in [-0.15, -0.1) is 0 Å². The van der Waals surface area contributed by atoms with E-state index in [0.717, 1.165) is 0 Å². The second-order valence-electron chi connectivity index (χ2n) is 3.68. The number of hydrogen-bond donors (Lipinski definition) is 0. The van der Waals surface area contributed by atoms with E-state index in [4.69, 9.17) is 9.47 Å². The quantitative estimate of drug-likeness (QED) is 0.605. The normalized spacial score (nSPS) is 11.3. The first kappa shape index (κ1) is 14.7. The molecule has 0 fully saturated rings. The number of hydrogen-bond acceptors (Lipinski definition) is 6. The Hall–Kier alpha value is -2.37. The lowest BCUT2D eigenvalue weighted by molar-refractivity contribution is -0.165. The van der Waals surface area contributed by atoms with Crippen LogP contribution in [-0.4, -0.2) is 25.0 Å². The van der Waals surface area contributed by atoms with Gasteiger partial charge in [-0.2, -0.15) is 0 Å². The van der Waals surface area contributed by atoms with Crippen molar-refractivity contribution < 1.29 is 28.6 Å². The third kappa shape index (κ3) is 4.42. The van der Waals surface area contributed by atoms with Crippen molar-refractivity contribution >= 4 is 17.9 Å². The minimum Gasteiger partial charge on any atom is -0.466 e. The van der Waals surface area contributed by atoms with Gasteiger partial charge >= 0.3 is 17.9 Å². The van der Waals surface area contributed by atoms with E-state index in [9.17, 15) is 14.4 Å². The molecule has 0 heterocycles. The molecule has 0 aromatic heterocycles. The summed E-state index contributed by atoms with van der Waals surface area (Å²) in [4.78, 5) is 33.3. The highest BCUT2D eigenvalue weighted by Crippen LogP contribution is 2.22. The van der Waals surface area contributed by atoms with E-state index in [0.29, 0.717) is 11.3 Å². The lowest BCUT2D eigenvalue weighted by atomic mass is 10.1. The number of carbonyl (C=O) groups is 3. The molecule has 0 saturated heterocycles. The summed E-state index contributed by atoms with van der Waals surface area (Å²) < 4.78 is 14.3. The van der Waals surface area contributed by atoms with Crippen molar-refractivity contribution in [2.75, 3.05) is 7.11 Å². The first-order chi connectivity index (χ1) is 8.93. The second-order valence-corrected chi connectivity index (χ2v) is 3.68. The fourth-order valence-electron chi connectivity index (χ4n) is 1.40. The average molecular weight is 266 g/mol. The Morgan fingerprint density at radius 2 is 1.58 bits per heavy atom. The van der Waals surface area contributed by atoms with Crippen LogP contribution < -0.4 is 4.74 Å². The van der Waals surface area contributed by atoms with Crippen LogP contribution in [0.1, 0.15) is 25.5 Å². The summed E-state index contributed by atoms with van der Waals surface area (Å²) >= 11 is 0. The molecule has 0 N–H and O–H groups in total. The third-order valence-corrected chi connectivity index (χ3v) is 2.14. The molecular weight excluding hydrogens is 252 g/mol. The van der Waals surface area contributed by atoms with Crippen molar-refractivity contribution in [1.29, 1.82) is 0 Å². The molecule has 1 unspecified atom stereocenters. The molecule has 0 radical (unpaired) electrons. The van der Waals surface area contributed by atoms with Gasteiger partial charge in [0.25, 0.3) is 0 Å². The molecule has 1 aromatic carbocycles. The summed E-state index contributed by atoms with van der Waals surface area (Å²) in [6.07, 6.45) is -1.13. The van der Waals surface area contributed by atoms with E-state index in [1.54, 1.807) is 0 Å². The Morgan fingerprint density at radius 1 is 1.00 bits per heavy atom. The molecular formula is C13H14O6. The molecule has 1 rings (SSSR count). The van der Waals surface area contributed by atoms with Gasteiger partial charge in [0.2, 0.25) is 6.10 Å². The molecule has 0 spiro atoms. The Balaban J connectivity index is 2.93. The van der Waals surface area contributed by atoms with E-state index in [2.05, 4.69) is 4.74 Å². The smallest absolute Gasteiger partial charge is 0.351 e. The summed E-state index contributed by atoms with van der Waals surface area (Å²) in [5.41, 5.74) is 0.429. The van der Waals surface area contributed by atoms with Crippen LogP contribution in [0.25, 0.3) is 0 Å². The Labute approximate surface area is 110 Å². The van der Waals surface area contributed by atoms with E-state index in [1.807, 2.05) is 0 Å². The highest BCUT2D eigenvalue weighted by Gasteiger charge is 2.24. The van der Waals surface area contributed by atoms with Crippen molar-refractivity contribution in [3.05, 3.63) is 29.8 Å². The SMILES string of the molecule is COC(=O)C(OC(C)=O)c1ccc(OC(C)=O)cc1. The number of rotatable bonds is 4. The maximum Gasteiger partial charge on any atom is 0.351 e. The molecule has 0 saturated carbocycles. The molecule has 1 atom stereocenters. The zero-order valence-electron chi connectivity index (χ0n) is 10.8. The Kier molecular flexibility index (Phi) is 5.05. The third-order valence-electron chi connectivity index (χ3n) is 2.14. The van der Waals surface area contributed by atoms with Crippen LogP contribution in [0.4, 0.5) is 0 Å². The maximum absolute atomic E-state index is 11.5. The van der Waals surface area contributed by atoms with Crippen molar-refractivity contribution in [3.63, 3.8) is 0 Å². The molecule has 1 aromatic rings. The summed E-state index contributed by atoms with van der Waals surface area (Å²) in [7, 11) is 1.20. The van der Waals surface area contributed by atoms with Crippen LogP contribution >= 0.6 is 0 Å². The van der Waals surface area contributed by atoms with Gasteiger partial charge in [-0.1, -0.05) is 12.1 Å². The topological polar surface area (TPSA) is 78.9 Å². The van der Waals surface area contributed by atoms with Gasteiger partial charge in [0.15, 0.2) is 0 Å². The standard InChI is InChI=1S/C13H14O6/c1-8(14)18-11-6-4-10(5-7-11)12(13(16)17-3)19-9(2)15/h4-7,12H,1-3H3. The van der Waals surface area contributed by atoms with Crippen molar-refractivity contribution in [2.24, 2.45) is 0 Å². The molecule has 0 aliphatic carbocycles. The maximum atomic E-state index is 11.5. The summed E-state index contributed by atoms with van der Waals surface area (Å²) in [5, 5.41) is 0. The van der Waals surface area contributed by atoms with E-state index in [1.165, 1.54) is 45.2 Å². The van der Waals surface area contributed by atoms with Crippen LogP contribution in [0.3, 0.4) is 0 Å². The molecule has 0 bridgehead atoms. The number of esters is 3. The van der Waals surface area contributed by atoms with Crippen molar-refractivity contribution in [3.8, 4) is 5.75 Å². The van der Waals surface area contributed by atoms with Crippen LogP contribution in [0.2, 0.25) is 0 Å². The Bertz CT molecular complexity index is 476. The van der Waals surface area contributed by atoms with E-state index >= 15 is 0 Å². The highest BCUT2D eigenvalue weighted by molar-refractivity contribution is 5.80. The molecule has 0 aliphatic heterocycles. The number of benzene rings is 1. The van der Waals surface area contributed by atoms with Crippen molar-refractivity contribution in [1.82, 2.24) is 0 Å². The number of methoxy groups -OCH3 is 1. The van der Waals surface area contributed by atoms with Gasteiger partial charge in [0.1, 0.15) is 5.75 Å². The summed E-state index contributed by atoms with van der Waals surface area (Å²) in [5.74, 6) is -1.39. The average Bonchev–Trinajstić information content (AvgIpc) is 2.35. The lowest BCUT2D eigenvalue weighted by Gasteiger charge is -2.15. The number of ether oxygens (including phenoxy) is 3. The summed E-state index contributed by atoms with van der Waals surface area (Å²) in [6, 6.07) is 6.03.